The van der Waals surface area contributed by atoms with Gasteiger partial charge >= 0.3 is 5.97 Å². The van der Waals surface area contributed by atoms with Crippen LogP contribution >= 0.6 is 11.8 Å². The summed E-state index contributed by atoms with van der Waals surface area (Å²) in [7, 11) is 1.57. The number of nitrogens with one attached hydrogen (secondary N) is 1. The monoisotopic (exact) mass is 356 g/mol. The van der Waals surface area contributed by atoms with Crippen LogP contribution in [0.15, 0.2) is 58.8 Å². The number of thioether (sulfide) groups is 1. The number of para-hydroxylation sites is 1. The molecule has 0 bridgehead atoms. The fraction of sp³-hybridized carbons (Fsp3) is 0.263. The summed E-state index contributed by atoms with van der Waals surface area (Å²) in [6, 6.07) is 9.62. The van der Waals surface area contributed by atoms with Crippen molar-refractivity contribution in [1.82, 2.24) is 5.32 Å². The zero-order valence-corrected chi connectivity index (χ0v) is 15.3. The number of allylic oxidation sites excluding steroid dienone is 2. The SMILES string of the molecule is C=CCOC(=O)C1=C(C)NC(SC)=C(C#N)C1c1ccccc1OC. The molecule has 0 fully saturated rings. The van der Waals surface area contributed by atoms with E-state index < -0.39 is 11.9 Å². The Bertz CT molecular complexity index is 790. The molecule has 0 radical (unpaired) electrons. The molecular formula is C19H20N2O3S. The zero-order valence-electron chi connectivity index (χ0n) is 14.5. The molecule has 1 N–H and O–H groups in total. The molecule has 0 saturated carbocycles. The number of hydrogen-bond acceptors (Lipinski definition) is 6. The van der Waals surface area contributed by atoms with Gasteiger partial charge in [-0.3, -0.25) is 0 Å². The van der Waals surface area contributed by atoms with Crippen LogP contribution in [-0.4, -0.2) is 25.9 Å². The van der Waals surface area contributed by atoms with Gasteiger partial charge in [-0.25, -0.2) is 4.79 Å². The molecule has 1 aromatic carbocycles. The average molecular weight is 356 g/mol. The molecule has 0 aliphatic carbocycles. The predicted molar refractivity (Wildman–Crippen MR) is 98.9 cm³/mol. The first kappa shape index (κ1) is 18.7. The number of esters is 1. The summed E-state index contributed by atoms with van der Waals surface area (Å²) < 4.78 is 10.7. The molecule has 25 heavy (non-hydrogen) atoms. The quantitative estimate of drug-likeness (QED) is 0.621. The largest absolute Gasteiger partial charge is 0.496 e. The van der Waals surface area contributed by atoms with Crippen LogP contribution in [0.5, 0.6) is 5.75 Å². The highest BCUT2D eigenvalue weighted by atomic mass is 32.2. The minimum atomic E-state index is -0.554. The molecule has 1 unspecified atom stereocenters. The highest BCUT2D eigenvalue weighted by molar-refractivity contribution is 8.02. The maximum atomic E-state index is 12.7. The van der Waals surface area contributed by atoms with Crippen molar-refractivity contribution in [2.75, 3.05) is 20.0 Å². The summed E-state index contributed by atoms with van der Waals surface area (Å²) in [4.78, 5) is 12.7. The Morgan fingerprint density at radius 3 is 2.80 bits per heavy atom. The van der Waals surface area contributed by atoms with Crippen molar-refractivity contribution < 1.29 is 14.3 Å². The minimum Gasteiger partial charge on any atom is -0.496 e. The van der Waals surface area contributed by atoms with Crippen LogP contribution in [0.1, 0.15) is 18.4 Å². The maximum absolute atomic E-state index is 12.7. The first-order valence-corrected chi connectivity index (χ1v) is 8.88. The zero-order chi connectivity index (χ0) is 18.4. The molecular weight excluding hydrogens is 336 g/mol. The lowest BCUT2D eigenvalue weighted by Crippen LogP contribution is -2.29. The van der Waals surface area contributed by atoms with Gasteiger partial charge in [0, 0.05) is 11.3 Å². The molecule has 1 heterocycles. The van der Waals surface area contributed by atoms with Crippen LogP contribution in [0.2, 0.25) is 0 Å². The van der Waals surface area contributed by atoms with Gasteiger partial charge in [0.2, 0.25) is 0 Å². The average Bonchev–Trinajstić information content (AvgIpc) is 2.64. The number of dihydropyridines is 1. The Morgan fingerprint density at radius 1 is 1.48 bits per heavy atom. The number of rotatable bonds is 6. The Morgan fingerprint density at radius 2 is 2.20 bits per heavy atom. The van der Waals surface area contributed by atoms with Crippen molar-refractivity contribution in [2.45, 2.75) is 12.8 Å². The lowest BCUT2D eigenvalue weighted by molar-refractivity contribution is -0.138. The van der Waals surface area contributed by atoms with Crippen LogP contribution in [-0.2, 0) is 9.53 Å². The van der Waals surface area contributed by atoms with Gasteiger partial charge in [0.05, 0.1) is 35.3 Å². The summed E-state index contributed by atoms with van der Waals surface area (Å²) >= 11 is 1.43. The fourth-order valence-corrected chi connectivity index (χ4v) is 3.41. The number of carbonyl (C=O) groups is 1. The predicted octanol–water partition coefficient (Wildman–Crippen LogP) is 3.48. The first-order chi connectivity index (χ1) is 12.1. The van der Waals surface area contributed by atoms with E-state index in [1.165, 1.54) is 17.8 Å². The Kier molecular flexibility index (Phi) is 6.31. The molecule has 1 aromatic rings. The highest BCUT2D eigenvalue weighted by Gasteiger charge is 2.36. The number of hydrogen-bond donors (Lipinski definition) is 1. The molecule has 5 nitrogen and oxygen atoms in total. The number of benzene rings is 1. The third-order valence-corrected chi connectivity index (χ3v) is 4.58. The Labute approximate surface area is 152 Å². The summed E-state index contributed by atoms with van der Waals surface area (Å²) in [5, 5.41) is 13.6. The van der Waals surface area contributed by atoms with E-state index in [0.717, 1.165) is 10.6 Å². The second-order valence-corrected chi connectivity index (χ2v) is 6.10. The Balaban J connectivity index is 2.66. The molecule has 1 aliphatic heterocycles. The molecule has 0 amide bonds. The third kappa shape index (κ3) is 3.72. The molecule has 0 saturated heterocycles. The standard InChI is InChI=1S/C19H20N2O3S/c1-5-10-24-19(22)16-12(2)21-18(25-4)14(11-20)17(16)13-8-6-7-9-15(13)23-3/h5-9,17,21H,1,10H2,2-4H3. The van der Waals surface area contributed by atoms with Gasteiger partial charge in [0.1, 0.15) is 12.4 Å². The van der Waals surface area contributed by atoms with Gasteiger partial charge in [0.15, 0.2) is 0 Å². The molecule has 1 atom stereocenters. The number of carbonyl (C=O) groups excluding carboxylic acids is 1. The number of nitrogens with zero attached hydrogens (tertiary/aromatic N) is 1. The van der Waals surface area contributed by atoms with Crippen molar-refractivity contribution in [3.8, 4) is 11.8 Å². The third-order valence-electron chi connectivity index (χ3n) is 3.85. The van der Waals surface area contributed by atoms with E-state index >= 15 is 0 Å². The van der Waals surface area contributed by atoms with E-state index in [0.29, 0.717) is 22.6 Å². The van der Waals surface area contributed by atoms with E-state index in [-0.39, 0.29) is 6.61 Å². The van der Waals surface area contributed by atoms with E-state index in [2.05, 4.69) is 18.0 Å². The van der Waals surface area contributed by atoms with Gasteiger partial charge < -0.3 is 14.8 Å². The molecule has 6 heteroatoms. The topological polar surface area (TPSA) is 71.3 Å². The highest BCUT2D eigenvalue weighted by Crippen LogP contribution is 2.43. The summed E-state index contributed by atoms with van der Waals surface area (Å²) in [6.45, 7) is 5.47. The van der Waals surface area contributed by atoms with Gasteiger partial charge in [-0.2, -0.15) is 5.26 Å². The summed E-state index contributed by atoms with van der Waals surface area (Å²) in [5.41, 5.74) is 2.28. The second kappa shape index (κ2) is 8.45. The van der Waals surface area contributed by atoms with Crippen molar-refractivity contribution in [2.24, 2.45) is 0 Å². The minimum absolute atomic E-state index is 0.106. The lowest BCUT2D eigenvalue weighted by Gasteiger charge is -2.29. The first-order valence-electron chi connectivity index (χ1n) is 7.66. The van der Waals surface area contributed by atoms with Gasteiger partial charge in [-0.15, -0.1) is 11.8 Å². The fourth-order valence-electron chi connectivity index (χ4n) is 2.77. The molecule has 0 spiro atoms. The van der Waals surface area contributed by atoms with Crippen LogP contribution in [0.4, 0.5) is 0 Å². The van der Waals surface area contributed by atoms with Crippen molar-refractivity contribution >= 4 is 17.7 Å². The molecule has 1 aliphatic rings. The molecule has 2 rings (SSSR count). The maximum Gasteiger partial charge on any atom is 0.337 e. The van der Waals surface area contributed by atoms with E-state index in [1.807, 2.05) is 30.5 Å². The van der Waals surface area contributed by atoms with Crippen LogP contribution in [0.3, 0.4) is 0 Å². The van der Waals surface area contributed by atoms with Gasteiger partial charge in [0.25, 0.3) is 0 Å². The molecule has 130 valence electrons. The lowest BCUT2D eigenvalue weighted by atomic mass is 9.82. The van der Waals surface area contributed by atoms with E-state index in [9.17, 15) is 10.1 Å². The normalized spacial score (nSPS) is 16.8. The van der Waals surface area contributed by atoms with Crippen LogP contribution < -0.4 is 10.1 Å². The van der Waals surface area contributed by atoms with Crippen LogP contribution in [0, 0.1) is 11.3 Å². The molecule has 0 aromatic heterocycles. The second-order valence-electron chi connectivity index (χ2n) is 5.28. The number of nitriles is 1. The van der Waals surface area contributed by atoms with Crippen molar-refractivity contribution in [1.29, 1.82) is 5.26 Å². The van der Waals surface area contributed by atoms with Gasteiger partial charge in [-0.05, 0) is 19.2 Å². The number of methoxy groups -OCH3 is 1. The van der Waals surface area contributed by atoms with E-state index in [4.69, 9.17) is 9.47 Å². The smallest absolute Gasteiger partial charge is 0.337 e. The van der Waals surface area contributed by atoms with Crippen molar-refractivity contribution in [3.63, 3.8) is 0 Å². The van der Waals surface area contributed by atoms with E-state index in [1.54, 1.807) is 14.0 Å². The summed E-state index contributed by atoms with van der Waals surface area (Å²) in [5.74, 6) is -0.416. The Hall–Kier alpha value is -2.65. The van der Waals surface area contributed by atoms with Crippen LogP contribution in [0.25, 0.3) is 0 Å². The van der Waals surface area contributed by atoms with Crippen molar-refractivity contribution in [3.05, 3.63) is 64.4 Å². The number of ether oxygens (including phenoxy) is 2. The van der Waals surface area contributed by atoms with Gasteiger partial charge in [-0.1, -0.05) is 30.9 Å². The summed E-state index contributed by atoms with van der Waals surface area (Å²) in [6.07, 6.45) is 3.39.